The van der Waals surface area contributed by atoms with Crippen molar-refractivity contribution in [2.24, 2.45) is 5.10 Å². The molecular weight excluding hydrogens is 335 g/mol. The molecule has 0 bridgehead atoms. The molecule has 0 aliphatic carbocycles. The van der Waals surface area contributed by atoms with E-state index in [0.717, 1.165) is 11.1 Å². The van der Waals surface area contributed by atoms with Crippen LogP contribution in [0.25, 0.3) is 0 Å². The van der Waals surface area contributed by atoms with Crippen molar-refractivity contribution in [3.63, 3.8) is 0 Å². The molecule has 0 aliphatic heterocycles. The van der Waals surface area contributed by atoms with Crippen LogP contribution in [0.4, 0.5) is 0 Å². The van der Waals surface area contributed by atoms with Crippen LogP contribution in [0.1, 0.15) is 16.7 Å². The third kappa shape index (κ3) is 4.98. The SMILES string of the molecule is Cc1ccc(OCC(=O)N/N=C\c2cccc(Cl)c2Cl)c(C)c1. The zero-order valence-corrected chi connectivity index (χ0v) is 14.3. The Balaban J connectivity index is 1.87. The van der Waals surface area contributed by atoms with Gasteiger partial charge < -0.3 is 4.74 Å². The Hall–Kier alpha value is -2.04. The van der Waals surface area contributed by atoms with Gasteiger partial charge in [-0.3, -0.25) is 4.79 Å². The predicted molar refractivity (Wildman–Crippen MR) is 93.6 cm³/mol. The number of hydrazone groups is 1. The van der Waals surface area contributed by atoms with E-state index < -0.39 is 0 Å². The first-order chi connectivity index (χ1) is 11.0. The number of halogens is 2. The molecule has 2 rings (SSSR count). The van der Waals surface area contributed by atoms with E-state index in [1.54, 1.807) is 18.2 Å². The van der Waals surface area contributed by atoms with Crippen LogP contribution in [0.3, 0.4) is 0 Å². The average molecular weight is 351 g/mol. The number of benzene rings is 2. The molecule has 0 heterocycles. The Morgan fingerprint density at radius 2 is 2.04 bits per heavy atom. The van der Waals surface area contributed by atoms with E-state index in [2.05, 4.69) is 10.5 Å². The van der Waals surface area contributed by atoms with Crippen LogP contribution in [0.5, 0.6) is 5.75 Å². The number of aryl methyl sites for hydroxylation is 2. The molecule has 2 aromatic carbocycles. The van der Waals surface area contributed by atoms with Crippen molar-refractivity contribution >= 4 is 35.3 Å². The molecule has 1 amide bonds. The lowest BCUT2D eigenvalue weighted by Gasteiger charge is -2.08. The Morgan fingerprint density at radius 1 is 1.26 bits per heavy atom. The van der Waals surface area contributed by atoms with Crippen molar-refractivity contribution in [1.29, 1.82) is 0 Å². The highest BCUT2D eigenvalue weighted by Gasteiger charge is 2.05. The van der Waals surface area contributed by atoms with E-state index in [-0.39, 0.29) is 12.5 Å². The molecule has 6 heteroatoms. The van der Waals surface area contributed by atoms with E-state index in [0.29, 0.717) is 21.4 Å². The topological polar surface area (TPSA) is 50.7 Å². The fraction of sp³-hybridized carbons (Fsp3) is 0.176. The third-order valence-corrected chi connectivity index (χ3v) is 3.90. The van der Waals surface area contributed by atoms with Crippen LogP contribution in [0, 0.1) is 13.8 Å². The van der Waals surface area contributed by atoms with Gasteiger partial charge >= 0.3 is 0 Å². The van der Waals surface area contributed by atoms with E-state index in [1.165, 1.54) is 6.21 Å². The number of amides is 1. The van der Waals surface area contributed by atoms with Gasteiger partial charge in [0.05, 0.1) is 16.3 Å². The second kappa shape index (κ2) is 7.99. The molecule has 0 radical (unpaired) electrons. The predicted octanol–water partition coefficient (Wildman–Crippen LogP) is 4.14. The Kier molecular flexibility index (Phi) is 6.02. The number of rotatable bonds is 5. The monoisotopic (exact) mass is 350 g/mol. The van der Waals surface area contributed by atoms with Gasteiger partial charge in [0.2, 0.25) is 0 Å². The molecule has 0 unspecified atom stereocenters. The lowest BCUT2D eigenvalue weighted by molar-refractivity contribution is -0.123. The van der Waals surface area contributed by atoms with Gasteiger partial charge in [0.1, 0.15) is 5.75 Å². The maximum absolute atomic E-state index is 11.7. The first-order valence-corrected chi connectivity index (χ1v) is 7.69. The first kappa shape index (κ1) is 17.3. The van der Waals surface area contributed by atoms with Crippen LogP contribution in [-0.4, -0.2) is 18.7 Å². The average Bonchev–Trinajstić information content (AvgIpc) is 2.50. The van der Waals surface area contributed by atoms with E-state index in [1.807, 2.05) is 32.0 Å². The maximum atomic E-state index is 11.7. The molecule has 0 atom stereocenters. The van der Waals surface area contributed by atoms with Crippen molar-refractivity contribution in [2.45, 2.75) is 13.8 Å². The van der Waals surface area contributed by atoms with Crippen molar-refractivity contribution in [3.8, 4) is 5.75 Å². The molecule has 0 saturated carbocycles. The summed E-state index contributed by atoms with van der Waals surface area (Å²) in [4.78, 5) is 11.7. The number of nitrogens with zero attached hydrogens (tertiary/aromatic N) is 1. The maximum Gasteiger partial charge on any atom is 0.277 e. The van der Waals surface area contributed by atoms with Gasteiger partial charge in [-0.15, -0.1) is 0 Å². The molecule has 4 nitrogen and oxygen atoms in total. The van der Waals surface area contributed by atoms with Crippen LogP contribution >= 0.6 is 23.2 Å². The largest absolute Gasteiger partial charge is 0.483 e. The summed E-state index contributed by atoms with van der Waals surface area (Å²) in [7, 11) is 0. The van der Waals surface area contributed by atoms with Gasteiger partial charge in [-0.2, -0.15) is 5.10 Å². The van der Waals surface area contributed by atoms with Crippen molar-refractivity contribution in [1.82, 2.24) is 5.43 Å². The minimum atomic E-state index is -0.362. The quantitative estimate of drug-likeness (QED) is 0.650. The minimum Gasteiger partial charge on any atom is -0.483 e. The number of hydrogen-bond donors (Lipinski definition) is 1. The summed E-state index contributed by atoms with van der Waals surface area (Å²) in [5.41, 5.74) is 5.12. The van der Waals surface area contributed by atoms with Crippen LogP contribution in [-0.2, 0) is 4.79 Å². The molecule has 2 aromatic rings. The highest BCUT2D eigenvalue weighted by Crippen LogP contribution is 2.24. The molecule has 1 N–H and O–H groups in total. The fourth-order valence-electron chi connectivity index (χ4n) is 1.93. The Labute approximate surface area is 145 Å². The van der Waals surface area contributed by atoms with E-state index in [9.17, 15) is 4.79 Å². The third-order valence-electron chi connectivity index (χ3n) is 3.06. The molecule has 0 spiro atoms. The molecule has 0 saturated heterocycles. The number of hydrogen-bond acceptors (Lipinski definition) is 3. The van der Waals surface area contributed by atoms with Gasteiger partial charge in [0.15, 0.2) is 6.61 Å². The number of nitrogens with one attached hydrogen (secondary N) is 1. The lowest BCUT2D eigenvalue weighted by Crippen LogP contribution is -2.24. The van der Waals surface area contributed by atoms with Crippen LogP contribution in [0.2, 0.25) is 10.0 Å². The second-order valence-electron chi connectivity index (χ2n) is 4.99. The zero-order valence-electron chi connectivity index (χ0n) is 12.8. The van der Waals surface area contributed by atoms with Gasteiger partial charge in [-0.1, -0.05) is 53.0 Å². The zero-order chi connectivity index (χ0) is 16.8. The molecular formula is C17H16Cl2N2O2. The molecule has 0 aliphatic rings. The number of carbonyl (C=O) groups excluding carboxylic acids is 1. The van der Waals surface area contributed by atoms with Gasteiger partial charge in [0.25, 0.3) is 5.91 Å². The van der Waals surface area contributed by atoms with Crippen molar-refractivity contribution in [2.75, 3.05) is 6.61 Å². The van der Waals surface area contributed by atoms with Gasteiger partial charge in [0, 0.05) is 5.56 Å². The lowest BCUT2D eigenvalue weighted by atomic mass is 10.1. The summed E-state index contributed by atoms with van der Waals surface area (Å²) in [5.74, 6) is 0.312. The molecule has 120 valence electrons. The summed E-state index contributed by atoms with van der Waals surface area (Å²) in [6.45, 7) is 3.81. The van der Waals surface area contributed by atoms with E-state index >= 15 is 0 Å². The van der Waals surface area contributed by atoms with Gasteiger partial charge in [-0.25, -0.2) is 5.43 Å². The summed E-state index contributed by atoms with van der Waals surface area (Å²) in [6.07, 6.45) is 1.43. The molecule has 0 aromatic heterocycles. The minimum absolute atomic E-state index is 0.121. The second-order valence-corrected chi connectivity index (χ2v) is 5.78. The smallest absolute Gasteiger partial charge is 0.277 e. The number of ether oxygens (including phenoxy) is 1. The Bertz CT molecular complexity index is 745. The number of carbonyl (C=O) groups is 1. The van der Waals surface area contributed by atoms with Crippen molar-refractivity contribution in [3.05, 3.63) is 63.1 Å². The van der Waals surface area contributed by atoms with Crippen molar-refractivity contribution < 1.29 is 9.53 Å². The Morgan fingerprint density at radius 3 is 2.78 bits per heavy atom. The van der Waals surface area contributed by atoms with E-state index in [4.69, 9.17) is 27.9 Å². The summed E-state index contributed by atoms with van der Waals surface area (Å²) < 4.78 is 5.47. The summed E-state index contributed by atoms with van der Waals surface area (Å²) in [5, 5.41) is 4.66. The molecule has 0 fully saturated rings. The van der Waals surface area contributed by atoms with Crippen LogP contribution in [0.15, 0.2) is 41.5 Å². The normalized spacial score (nSPS) is 10.8. The summed E-state index contributed by atoms with van der Waals surface area (Å²) >= 11 is 11.9. The highest BCUT2D eigenvalue weighted by atomic mass is 35.5. The van der Waals surface area contributed by atoms with Crippen LogP contribution < -0.4 is 10.2 Å². The standard InChI is InChI=1S/C17H16Cl2N2O2/c1-11-6-7-15(12(2)8-11)23-10-16(22)21-20-9-13-4-3-5-14(18)17(13)19/h3-9H,10H2,1-2H3,(H,21,22)/b20-9-. The fourth-order valence-corrected chi connectivity index (χ4v) is 2.29. The highest BCUT2D eigenvalue weighted by molar-refractivity contribution is 6.43. The van der Waals surface area contributed by atoms with Gasteiger partial charge in [-0.05, 0) is 31.5 Å². The summed E-state index contributed by atoms with van der Waals surface area (Å²) in [6, 6.07) is 10.9. The first-order valence-electron chi connectivity index (χ1n) is 6.93. The molecule has 23 heavy (non-hydrogen) atoms.